The molecule has 0 saturated heterocycles. The van der Waals surface area contributed by atoms with Crippen LogP contribution in [0, 0.1) is 10.1 Å². The van der Waals surface area contributed by atoms with Gasteiger partial charge in [-0.1, -0.05) is 12.1 Å². The lowest BCUT2D eigenvalue weighted by Crippen LogP contribution is -2.21. The largest absolute Gasteiger partial charge is 0.293 e. The van der Waals surface area contributed by atoms with Crippen molar-refractivity contribution in [2.45, 2.75) is 24.6 Å². The lowest BCUT2D eigenvalue weighted by Gasteiger charge is -2.17. The summed E-state index contributed by atoms with van der Waals surface area (Å²) >= 11 is 5.91. The summed E-state index contributed by atoms with van der Waals surface area (Å²) in [6.45, 7) is 0. The standard InChI is InChI=1S/C13H12ClNO3/c14-12-6-2-4-10(13(12)16)7-9-3-1-5-11(8-9)15(17)18/h1,3,5,7-8,12H,2,4,6H2. The summed E-state index contributed by atoms with van der Waals surface area (Å²) < 4.78 is 0. The van der Waals surface area contributed by atoms with Gasteiger partial charge in [-0.25, -0.2) is 0 Å². The Morgan fingerprint density at radius 3 is 2.94 bits per heavy atom. The molecule has 0 heterocycles. The molecule has 2 rings (SSSR count). The zero-order valence-electron chi connectivity index (χ0n) is 9.64. The molecule has 0 aliphatic heterocycles. The first-order valence-electron chi connectivity index (χ1n) is 5.71. The highest BCUT2D eigenvalue weighted by atomic mass is 35.5. The third-order valence-electron chi connectivity index (χ3n) is 2.93. The molecule has 18 heavy (non-hydrogen) atoms. The Bertz CT molecular complexity index is 525. The third-order valence-corrected chi connectivity index (χ3v) is 3.34. The Labute approximate surface area is 109 Å². The number of Topliss-reactive ketones (excluding diaryl/α,β-unsaturated/α-hetero) is 1. The Morgan fingerprint density at radius 1 is 1.44 bits per heavy atom. The van der Waals surface area contributed by atoms with Crippen LogP contribution in [0.4, 0.5) is 5.69 Å². The Kier molecular flexibility index (Phi) is 3.77. The number of ketones is 1. The number of rotatable bonds is 2. The van der Waals surface area contributed by atoms with E-state index in [4.69, 9.17) is 11.6 Å². The van der Waals surface area contributed by atoms with Gasteiger partial charge in [-0.15, -0.1) is 11.6 Å². The molecule has 1 atom stereocenters. The topological polar surface area (TPSA) is 60.2 Å². The predicted octanol–water partition coefficient (Wildman–Crippen LogP) is 3.34. The van der Waals surface area contributed by atoms with Crippen molar-refractivity contribution in [3.8, 4) is 0 Å². The van der Waals surface area contributed by atoms with Crippen molar-refractivity contribution in [2.75, 3.05) is 0 Å². The number of hydrogen-bond acceptors (Lipinski definition) is 3. The minimum Gasteiger partial charge on any atom is -0.293 e. The number of alkyl halides is 1. The second kappa shape index (κ2) is 5.31. The van der Waals surface area contributed by atoms with Gasteiger partial charge in [0.05, 0.1) is 10.3 Å². The minimum absolute atomic E-state index is 0.0232. The summed E-state index contributed by atoms with van der Waals surface area (Å²) in [4.78, 5) is 22.0. The first-order valence-corrected chi connectivity index (χ1v) is 6.15. The molecule has 5 heteroatoms. The molecule has 0 amide bonds. The molecule has 1 aromatic rings. The van der Waals surface area contributed by atoms with E-state index in [9.17, 15) is 14.9 Å². The predicted molar refractivity (Wildman–Crippen MR) is 69.6 cm³/mol. The molecule has 1 aromatic carbocycles. The summed E-state index contributed by atoms with van der Waals surface area (Å²) in [7, 11) is 0. The van der Waals surface area contributed by atoms with Gasteiger partial charge in [-0.2, -0.15) is 0 Å². The highest BCUT2D eigenvalue weighted by molar-refractivity contribution is 6.34. The van der Waals surface area contributed by atoms with Gasteiger partial charge in [0, 0.05) is 12.1 Å². The number of benzene rings is 1. The van der Waals surface area contributed by atoms with Crippen molar-refractivity contribution in [1.29, 1.82) is 0 Å². The summed E-state index contributed by atoms with van der Waals surface area (Å²) in [5, 5.41) is 10.2. The maximum absolute atomic E-state index is 11.8. The molecule has 0 N–H and O–H groups in total. The first kappa shape index (κ1) is 12.8. The van der Waals surface area contributed by atoms with Crippen LogP contribution in [0.2, 0.25) is 0 Å². The van der Waals surface area contributed by atoms with E-state index < -0.39 is 10.3 Å². The number of halogens is 1. The van der Waals surface area contributed by atoms with Crippen molar-refractivity contribution >= 4 is 29.1 Å². The number of carbonyl (C=O) groups excluding carboxylic acids is 1. The molecule has 1 aliphatic rings. The van der Waals surface area contributed by atoms with E-state index in [1.807, 2.05) is 0 Å². The SMILES string of the molecule is O=C1C(=Cc2cccc([N+](=O)[O-])c2)CCCC1Cl. The molecular formula is C13H12ClNO3. The second-order valence-electron chi connectivity index (χ2n) is 4.25. The van der Waals surface area contributed by atoms with E-state index in [1.165, 1.54) is 12.1 Å². The summed E-state index contributed by atoms with van der Waals surface area (Å²) in [5.41, 5.74) is 1.34. The molecule has 0 aromatic heterocycles. The first-order chi connectivity index (χ1) is 8.58. The van der Waals surface area contributed by atoms with Gasteiger partial charge in [-0.05, 0) is 36.5 Å². The van der Waals surface area contributed by atoms with E-state index >= 15 is 0 Å². The van der Waals surface area contributed by atoms with Crippen molar-refractivity contribution < 1.29 is 9.72 Å². The summed E-state index contributed by atoms with van der Waals surface area (Å²) in [6, 6.07) is 6.23. The van der Waals surface area contributed by atoms with Crippen LogP contribution < -0.4 is 0 Å². The molecule has 1 fully saturated rings. The maximum Gasteiger partial charge on any atom is 0.270 e. The number of nitro benzene ring substituents is 1. The van der Waals surface area contributed by atoms with E-state index in [-0.39, 0.29) is 11.5 Å². The van der Waals surface area contributed by atoms with Gasteiger partial charge in [0.2, 0.25) is 0 Å². The molecule has 0 spiro atoms. The highest BCUT2D eigenvalue weighted by Crippen LogP contribution is 2.26. The highest BCUT2D eigenvalue weighted by Gasteiger charge is 2.24. The van der Waals surface area contributed by atoms with Crippen LogP contribution in [0.5, 0.6) is 0 Å². The molecule has 0 radical (unpaired) electrons. The van der Waals surface area contributed by atoms with Crippen LogP contribution in [0.3, 0.4) is 0 Å². The molecule has 94 valence electrons. The van der Waals surface area contributed by atoms with Gasteiger partial charge in [-0.3, -0.25) is 14.9 Å². The van der Waals surface area contributed by atoms with Gasteiger partial charge < -0.3 is 0 Å². The third kappa shape index (κ3) is 2.76. The van der Waals surface area contributed by atoms with Crippen LogP contribution in [0.15, 0.2) is 29.8 Å². The summed E-state index contributed by atoms with van der Waals surface area (Å²) in [6.07, 6.45) is 3.96. The van der Waals surface area contributed by atoms with Gasteiger partial charge in [0.25, 0.3) is 5.69 Å². The second-order valence-corrected chi connectivity index (χ2v) is 4.77. The number of carbonyl (C=O) groups is 1. The van der Waals surface area contributed by atoms with Crippen LogP contribution >= 0.6 is 11.6 Å². The molecular weight excluding hydrogens is 254 g/mol. The van der Waals surface area contributed by atoms with Crippen molar-refractivity contribution in [3.05, 3.63) is 45.5 Å². The number of non-ortho nitro benzene ring substituents is 1. The van der Waals surface area contributed by atoms with Crippen molar-refractivity contribution in [3.63, 3.8) is 0 Å². The average molecular weight is 266 g/mol. The number of allylic oxidation sites excluding steroid dienone is 1. The Balaban J connectivity index is 2.29. The van der Waals surface area contributed by atoms with Gasteiger partial charge in [0.15, 0.2) is 5.78 Å². The van der Waals surface area contributed by atoms with E-state index in [1.54, 1.807) is 18.2 Å². The zero-order chi connectivity index (χ0) is 13.1. The molecule has 1 aliphatic carbocycles. The van der Waals surface area contributed by atoms with Crippen molar-refractivity contribution in [1.82, 2.24) is 0 Å². The van der Waals surface area contributed by atoms with Gasteiger partial charge in [0.1, 0.15) is 0 Å². The quantitative estimate of drug-likeness (QED) is 0.357. The van der Waals surface area contributed by atoms with Crippen LogP contribution in [-0.2, 0) is 4.79 Å². The van der Waals surface area contributed by atoms with Crippen LogP contribution in [-0.4, -0.2) is 16.1 Å². The van der Waals surface area contributed by atoms with Gasteiger partial charge >= 0.3 is 0 Å². The lowest BCUT2D eigenvalue weighted by atomic mass is 9.91. The molecule has 4 nitrogen and oxygen atoms in total. The molecule has 1 saturated carbocycles. The summed E-state index contributed by atoms with van der Waals surface area (Å²) in [5.74, 6) is -0.0607. The molecule has 0 bridgehead atoms. The van der Waals surface area contributed by atoms with Crippen LogP contribution in [0.1, 0.15) is 24.8 Å². The maximum atomic E-state index is 11.8. The molecule has 1 unspecified atom stereocenters. The normalized spacial score (nSPS) is 22.2. The lowest BCUT2D eigenvalue weighted by molar-refractivity contribution is -0.384. The minimum atomic E-state index is -0.455. The fourth-order valence-corrected chi connectivity index (χ4v) is 2.29. The Hall–Kier alpha value is -1.68. The fraction of sp³-hybridized carbons (Fsp3) is 0.308. The Morgan fingerprint density at radius 2 is 2.22 bits per heavy atom. The number of nitro groups is 1. The van der Waals surface area contributed by atoms with E-state index in [2.05, 4.69) is 0 Å². The van der Waals surface area contributed by atoms with Crippen molar-refractivity contribution in [2.24, 2.45) is 0 Å². The number of hydrogen-bond donors (Lipinski definition) is 0. The number of nitrogens with zero attached hydrogens (tertiary/aromatic N) is 1. The zero-order valence-corrected chi connectivity index (χ0v) is 10.4. The van der Waals surface area contributed by atoms with E-state index in [0.717, 1.165) is 6.42 Å². The van der Waals surface area contributed by atoms with E-state index in [0.29, 0.717) is 24.0 Å². The fourth-order valence-electron chi connectivity index (χ4n) is 2.00. The monoisotopic (exact) mass is 265 g/mol. The van der Waals surface area contributed by atoms with Crippen LogP contribution in [0.25, 0.3) is 6.08 Å². The smallest absolute Gasteiger partial charge is 0.270 e. The average Bonchev–Trinajstić information content (AvgIpc) is 2.35.